The number of amides is 1. The molecule has 1 amide bonds. The Morgan fingerprint density at radius 2 is 2.20 bits per heavy atom. The number of rotatable bonds is 3. The molecule has 0 aromatic carbocycles. The van der Waals surface area contributed by atoms with Crippen LogP contribution in [0.15, 0.2) is 35.1 Å². The van der Waals surface area contributed by atoms with Gasteiger partial charge in [-0.3, -0.25) is 9.78 Å². The first kappa shape index (κ1) is 11.4. The van der Waals surface area contributed by atoms with Gasteiger partial charge in [0.1, 0.15) is 0 Å². The fourth-order valence-electron chi connectivity index (χ4n) is 0.798. The van der Waals surface area contributed by atoms with E-state index in [0.29, 0.717) is 10.2 Å². The summed E-state index contributed by atoms with van der Waals surface area (Å²) in [6, 6.07) is 1.59. The van der Waals surface area contributed by atoms with Gasteiger partial charge in [-0.2, -0.15) is 0 Å². The first-order chi connectivity index (χ1) is 7.09. The topological polar surface area (TPSA) is 79.3 Å². The van der Waals surface area contributed by atoms with Gasteiger partial charge in [0.05, 0.1) is 10.2 Å². The van der Waals surface area contributed by atoms with Crippen LogP contribution in [0.4, 0.5) is 5.69 Å². The van der Waals surface area contributed by atoms with Crippen molar-refractivity contribution in [3.8, 4) is 0 Å². The molecule has 0 bridgehead atoms. The number of carboxylic acids is 1. The van der Waals surface area contributed by atoms with Crippen LogP contribution in [0.1, 0.15) is 0 Å². The number of carbonyl (C=O) groups excluding carboxylic acids is 1. The number of aliphatic carboxylic acids is 1. The van der Waals surface area contributed by atoms with Gasteiger partial charge in [-0.15, -0.1) is 0 Å². The average Bonchev–Trinajstić information content (AvgIpc) is 2.18. The molecule has 15 heavy (non-hydrogen) atoms. The van der Waals surface area contributed by atoms with Crippen molar-refractivity contribution in [2.45, 2.75) is 0 Å². The minimum absolute atomic E-state index is 0.510. The van der Waals surface area contributed by atoms with Crippen molar-refractivity contribution in [2.24, 2.45) is 0 Å². The summed E-state index contributed by atoms with van der Waals surface area (Å²) in [6.45, 7) is 0. The minimum Gasteiger partial charge on any atom is -0.478 e. The number of aromatic nitrogens is 1. The average molecular weight is 271 g/mol. The van der Waals surface area contributed by atoms with Crippen molar-refractivity contribution in [2.75, 3.05) is 5.32 Å². The molecule has 5 nitrogen and oxygen atoms in total. The van der Waals surface area contributed by atoms with Crippen molar-refractivity contribution in [1.82, 2.24) is 4.98 Å². The van der Waals surface area contributed by atoms with Crippen LogP contribution in [0.2, 0.25) is 0 Å². The van der Waals surface area contributed by atoms with Gasteiger partial charge < -0.3 is 10.4 Å². The van der Waals surface area contributed by atoms with Crippen molar-refractivity contribution in [3.05, 3.63) is 35.1 Å². The first-order valence-corrected chi connectivity index (χ1v) is 4.70. The summed E-state index contributed by atoms with van der Waals surface area (Å²) in [7, 11) is 0. The van der Waals surface area contributed by atoms with Gasteiger partial charge in [-0.1, -0.05) is 0 Å². The maximum absolute atomic E-state index is 11.2. The van der Waals surface area contributed by atoms with Gasteiger partial charge in [0.25, 0.3) is 0 Å². The van der Waals surface area contributed by atoms with Gasteiger partial charge >= 0.3 is 5.97 Å². The summed E-state index contributed by atoms with van der Waals surface area (Å²) in [4.78, 5) is 25.1. The highest BCUT2D eigenvalue weighted by atomic mass is 79.9. The molecular formula is C9H7BrN2O3. The van der Waals surface area contributed by atoms with E-state index < -0.39 is 11.9 Å². The highest BCUT2D eigenvalue weighted by Gasteiger charge is 2.02. The van der Waals surface area contributed by atoms with Gasteiger partial charge in [-0.25, -0.2) is 4.79 Å². The molecule has 2 N–H and O–H groups in total. The van der Waals surface area contributed by atoms with E-state index in [1.54, 1.807) is 6.07 Å². The summed E-state index contributed by atoms with van der Waals surface area (Å²) in [5.74, 6) is -1.68. The van der Waals surface area contributed by atoms with Gasteiger partial charge in [0, 0.05) is 24.5 Å². The predicted molar refractivity (Wildman–Crippen MR) is 57.3 cm³/mol. The highest BCUT2D eigenvalue weighted by molar-refractivity contribution is 9.10. The predicted octanol–water partition coefficient (Wildman–Crippen LogP) is 1.42. The Morgan fingerprint density at radius 1 is 1.47 bits per heavy atom. The molecule has 0 saturated carbocycles. The maximum atomic E-state index is 11.2. The second kappa shape index (κ2) is 5.26. The number of hydrogen-bond acceptors (Lipinski definition) is 3. The van der Waals surface area contributed by atoms with E-state index in [2.05, 4.69) is 26.2 Å². The smallest absolute Gasteiger partial charge is 0.328 e. The molecule has 0 aliphatic carbocycles. The minimum atomic E-state index is -1.17. The first-order valence-electron chi connectivity index (χ1n) is 3.91. The van der Waals surface area contributed by atoms with Crippen LogP contribution in [0.3, 0.4) is 0 Å². The monoisotopic (exact) mass is 270 g/mol. The molecule has 78 valence electrons. The Morgan fingerprint density at radius 3 is 2.80 bits per heavy atom. The van der Waals surface area contributed by atoms with E-state index in [9.17, 15) is 9.59 Å². The zero-order chi connectivity index (χ0) is 11.3. The van der Waals surface area contributed by atoms with E-state index in [0.717, 1.165) is 12.2 Å². The molecule has 1 aromatic rings. The molecule has 0 fully saturated rings. The van der Waals surface area contributed by atoms with Crippen LogP contribution < -0.4 is 5.32 Å². The van der Waals surface area contributed by atoms with Gasteiger partial charge in [0.2, 0.25) is 5.91 Å². The summed E-state index contributed by atoms with van der Waals surface area (Å²) in [6.07, 6.45) is 4.75. The summed E-state index contributed by atoms with van der Waals surface area (Å²) < 4.78 is 0.627. The summed E-state index contributed by atoms with van der Waals surface area (Å²) >= 11 is 3.19. The van der Waals surface area contributed by atoms with E-state index >= 15 is 0 Å². The van der Waals surface area contributed by atoms with E-state index in [1.165, 1.54) is 12.4 Å². The summed E-state index contributed by atoms with van der Waals surface area (Å²) in [5.41, 5.74) is 0.532. The number of carboxylic acid groups (broad SMARTS) is 1. The Labute approximate surface area is 94.0 Å². The Balaban J connectivity index is 2.67. The number of pyridine rings is 1. The quantitative estimate of drug-likeness (QED) is 0.815. The molecule has 1 aromatic heterocycles. The molecule has 1 rings (SSSR count). The third-order valence-electron chi connectivity index (χ3n) is 1.41. The van der Waals surface area contributed by atoms with Crippen molar-refractivity contribution >= 4 is 33.5 Å². The van der Waals surface area contributed by atoms with Crippen LogP contribution in [-0.2, 0) is 9.59 Å². The number of anilines is 1. The number of nitrogens with one attached hydrogen (secondary N) is 1. The van der Waals surface area contributed by atoms with E-state index in [4.69, 9.17) is 5.11 Å². The molecule has 1 heterocycles. The number of nitrogens with zero attached hydrogens (tertiary/aromatic N) is 1. The fourth-order valence-corrected chi connectivity index (χ4v) is 1.15. The normalized spacial score (nSPS) is 10.2. The lowest BCUT2D eigenvalue weighted by atomic mass is 10.4. The number of halogens is 1. The Bertz CT molecular complexity index is 418. The third-order valence-corrected chi connectivity index (χ3v) is 2.04. The molecule has 0 radical (unpaired) electrons. The highest BCUT2D eigenvalue weighted by Crippen LogP contribution is 2.19. The zero-order valence-electron chi connectivity index (χ0n) is 7.48. The Hall–Kier alpha value is -1.69. The second-order valence-corrected chi connectivity index (χ2v) is 3.37. The zero-order valence-corrected chi connectivity index (χ0v) is 9.06. The molecular weight excluding hydrogens is 264 g/mol. The standard InChI is InChI=1S/C9H7BrN2O3/c10-6-5-11-4-3-7(6)12-8(13)1-2-9(14)15/h1-5H,(H,14,15)(H,11,12,13)/b2-1+. The van der Waals surface area contributed by atoms with E-state index in [-0.39, 0.29) is 0 Å². The molecule has 0 unspecified atom stereocenters. The molecule has 0 saturated heterocycles. The SMILES string of the molecule is O=C(O)/C=C/C(=O)Nc1ccncc1Br. The number of carbonyl (C=O) groups is 2. The van der Waals surface area contributed by atoms with Crippen LogP contribution in [-0.4, -0.2) is 22.0 Å². The van der Waals surface area contributed by atoms with E-state index in [1.807, 2.05) is 0 Å². The van der Waals surface area contributed by atoms with Gasteiger partial charge in [-0.05, 0) is 22.0 Å². The number of hydrogen-bond donors (Lipinski definition) is 2. The lowest BCUT2D eigenvalue weighted by Gasteiger charge is -2.02. The van der Waals surface area contributed by atoms with Crippen LogP contribution in [0.25, 0.3) is 0 Å². The Kier molecular flexibility index (Phi) is 3.99. The van der Waals surface area contributed by atoms with Crippen LogP contribution >= 0.6 is 15.9 Å². The third kappa shape index (κ3) is 3.90. The van der Waals surface area contributed by atoms with Crippen LogP contribution in [0, 0.1) is 0 Å². The van der Waals surface area contributed by atoms with Crippen molar-refractivity contribution in [1.29, 1.82) is 0 Å². The lowest BCUT2D eigenvalue weighted by molar-refractivity contribution is -0.131. The molecule has 0 aliphatic rings. The molecule has 6 heteroatoms. The molecule has 0 spiro atoms. The fraction of sp³-hybridized carbons (Fsp3) is 0. The van der Waals surface area contributed by atoms with Crippen LogP contribution in [0.5, 0.6) is 0 Å². The molecule has 0 aliphatic heterocycles. The largest absolute Gasteiger partial charge is 0.478 e. The van der Waals surface area contributed by atoms with Gasteiger partial charge in [0.15, 0.2) is 0 Å². The maximum Gasteiger partial charge on any atom is 0.328 e. The molecule has 0 atom stereocenters. The van der Waals surface area contributed by atoms with Crippen molar-refractivity contribution in [3.63, 3.8) is 0 Å². The summed E-state index contributed by atoms with van der Waals surface area (Å²) in [5, 5.41) is 10.8. The van der Waals surface area contributed by atoms with Crippen molar-refractivity contribution < 1.29 is 14.7 Å². The second-order valence-electron chi connectivity index (χ2n) is 2.52. The lowest BCUT2D eigenvalue weighted by Crippen LogP contribution is -2.09.